The first kappa shape index (κ1) is 19.7. The molecule has 6 heteroatoms. The van der Waals surface area contributed by atoms with Crippen molar-refractivity contribution in [2.75, 3.05) is 31.7 Å². The van der Waals surface area contributed by atoms with Gasteiger partial charge in [0, 0.05) is 22.4 Å². The van der Waals surface area contributed by atoms with E-state index in [0.29, 0.717) is 5.75 Å². The Labute approximate surface area is 151 Å². The van der Waals surface area contributed by atoms with Crippen molar-refractivity contribution in [2.45, 2.75) is 23.5 Å². The summed E-state index contributed by atoms with van der Waals surface area (Å²) >= 11 is 1.65. The molecule has 0 radical (unpaired) electrons. The zero-order chi connectivity index (χ0) is 18.3. The van der Waals surface area contributed by atoms with Gasteiger partial charge < -0.3 is 10.2 Å². The fourth-order valence-corrected chi connectivity index (χ4v) is 3.39. The number of para-hydroxylation sites is 1. The van der Waals surface area contributed by atoms with Crippen LogP contribution in [0.5, 0.6) is 0 Å². The van der Waals surface area contributed by atoms with Gasteiger partial charge in [-0.25, -0.2) is 0 Å². The van der Waals surface area contributed by atoms with Crippen molar-refractivity contribution in [3.05, 3.63) is 60.2 Å². The molecule has 0 aliphatic rings. The third kappa shape index (κ3) is 6.63. The number of rotatable bonds is 8. The van der Waals surface area contributed by atoms with Crippen molar-refractivity contribution in [1.29, 1.82) is 0 Å². The lowest BCUT2D eigenvalue weighted by Gasteiger charge is -2.23. The summed E-state index contributed by atoms with van der Waals surface area (Å²) in [5.74, 6) is 0.698. The number of thioether (sulfide) groups is 1. The van der Waals surface area contributed by atoms with E-state index in [4.69, 9.17) is 0 Å². The molecule has 25 heavy (non-hydrogen) atoms. The largest absolute Gasteiger partial charge is 0.418 e. The van der Waals surface area contributed by atoms with Gasteiger partial charge in [0.1, 0.15) is 0 Å². The van der Waals surface area contributed by atoms with Gasteiger partial charge in [0.25, 0.3) is 0 Å². The van der Waals surface area contributed by atoms with Crippen LogP contribution >= 0.6 is 11.8 Å². The predicted octanol–water partition coefficient (Wildman–Crippen LogP) is 5.23. The summed E-state index contributed by atoms with van der Waals surface area (Å²) in [6.07, 6.45) is -3.60. The second-order valence-corrected chi connectivity index (χ2v) is 7.19. The molecule has 0 heterocycles. The summed E-state index contributed by atoms with van der Waals surface area (Å²) in [4.78, 5) is 3.15. The maximum absolute atomic E-state index is 13.2. The van der Waals surface area contributed by atoms with Crippen LogP contribution < -0.4 is 5.32 Å². The standard InChI is InChI=1S/C19H23F3N2S/c1-24(2)13-12-15(14-25-16-8-4-3-5-9-16)23-18-11-7-6-10-17(18)19(20,21)22/h3-11,15,23H,12-14H2,1-2H3/t15-/m1/s1. The zero-order valence-electron chi connectivity index (χ0n) is 14.4. The van der Waals surface area contributed by atoms with Crippen LogP contribution in [0.2, 0.25) is 0 Å². The van der Waals surface area contributed by atoms with Crippen LogP contribution in [0.25, 0.3) is 0 Å². The molecular formula is C19H23F3N2S. The number of halogens is 3. The Morgan fingerprint density at radius 1 is 1.00 bits per heavy atom. The summed E-state index contributed by atoms with van der Waals surface area (Å²) in [5.41, 5.74) is -0.470. The average molecular weight is 368 g/mol. The molecule has 0 fully saturated rings. The van der Waals surface area contributed by atoms with Crippen LogP contribution in [0, 0.1) is 0 Å². The molecule has 2 rings (SSSR count). The molecule has 0 aliphatic heterocycles. The SMILES string of the molecule is CN(C)CC[C@H](CSc1ccccc1)Nc1ccccc1C(F)(F)F. The molecule has 2 nitrogen and oxygen atoms in total. The first-order valence-electron chi connectivity index (χ1n) is 8.11. The summed E-state index contributed by atoms with van der Waals surface area (Å²) in [6.45, 7) is 0.807. The van der Waals surface area contributed by atoms with Crippen molar-refractivity contribution in [2.24, 2.45) is 0 Å². The lowest BCUT2D eigenvalue weighted by Crippen LogP contribution is -2.28. The van der Waals surface area contributed by atoms with Gasteiger partial charge in [0.2, 0.25) is 0 Å². The lowest BCUT2D eigenvalue weighted by atomic mass is 10.1. The average Bonchev–Trinajstić information content (AvgIpc) is 2.57. The predicted molar refractivity (Wildman–Crippen MR) is 99.2 cm³/mol. The van der Waals surface area contributed by atoms with Crippen molar-refractivity contribution < 1.29 is 13.2 Å². The molecule has 0 aliphatic carbocycles. The van der Waals surface area contributed by atoms with Gasteiger partial charge in [-0.05, 0) is 51.3 Å². The van der Waals surface area contributed by atoms with Gasteiger partial charge in [-0.15, -0.1) is 11.8 Å². The third-order valence-electron chi connectivity index (χ3n) is 3.71. The minimum absolute atomic E-state index is 0.0592. The van der Waals surface area contributed by atoms with E-state index < -0.39 is 11.7 Å². The molecule has 0 saturated carbocycles. The Hall–Kier alpha value is -1.66. The molecule has 0 aromatic heterocycles. The fraction of sp³-hybridized carbons (Fsp3) is 0.368. The molecule has 0 amide bonds. The Kier molecular flexibility index (Phi) is 7.20. The highest BCUT2D eigenvalue weighted by atomic mass is 32.2. The molecule has 2 aromatic carbocycles. The van der Waals surface area contributed by atoms with Gasteiger partial charge in [-0.3, -0.25) is 0 Å². The summed E-state index contributed by atoms with van der Waals surface area (Å²) in [6, 6.07) is 15.5. The number of hydrogen-bond acceptors (Lipinski definition) is 3. The van der Waals surface area contributed by atoms with Gasteiger partial charge in [0.15, 0.2) is 0 Å². The number of nitrogens with one attached hydrogen (secondary N) is 1. The highest BCUT2D eigenvalue weighted by Gasteiger charge is 2.33. The third-order valence-corrected chi connectivity index (χ3v) is 4.89. The Morgan fingerprint density at radius 3 is 2.28 bits per heavy atom. The van der Waals surface area contributed by atoms with Crippen molar-refractivity contribution in [3.63, 3.8) is 0 Å². The van der Waals surface area contributed by atoms with Crippen molar-refractivity contribution >= 4 is 17.4 Å². The highest BCUT2D eigenvalue weighted by molar-refractivity contribution is 7.99. The fourth-order valence-electron chi connectivity index (χ4n) is 2.40. The maximum Gasteiger partial charge on any atom is 0.418 e. The van der Waals surface area contributed by atoms with E-state index in [9.17, 15) is 13.2 Å². The molecular weight excluding hydrogens is 345 g/mol. The quantitative estimate of drug-likeness (QED) is 0.642. The summed E-state index contributed by atoms with van der Waals surface area (Å²) < 4.78 is 39.6. The van der Waals surface area contributed by atoms with Crippen molar-refractivity contribution in [1.82, 2.24) is 4.90 Å². The molecule has 0 saturated heterocycles. The van der Waals surface area contributed by atoms with Gasteiger partial charge in [-0.2, -0.15) is 13.2 Å². The van der Waals surface area contributed by atoms with Crippen molar-refractivity contribution in [3.8, 4) is 0 Å². The Balaban J connectivity index is 2.10. The van der Waals surface area contributed by atoms with E-state index in [1.54, 1.807) is 17.8 Å². The maximum atomic E-state index is 13.2. The summed E-state index contributed by atoms with van der Waals surface area (Å²) in [5, 5.41) is 3.11. The van der Waals surface area contributed by atoms with E-state index in [0.717, 1.165) is 23.9 Å². The van der Waals surface area contributed by atoms with Crippen LogP contribution in [0.1, 0.15) is 12.0 Å². The van der Waals surface area contributed by atoms with E-state index >= 15 is 0 Å². The van der Waals surface area contributed by atoms with E-state index in [-0.39, 0.29) is 11.7 Å². The van der Waals surface area contributed by atoms with Crippen LogP contribution in [0.15, 0.2) is 59.5 Å². The second-order valence-electron chi connectivity index (χ2n) is 6.10. The molecule has 1 N–H and O–H groups in total. The molecule has 0 unspecified atom stereocenters. The number of nitrogens with zero attached hydrogens (tertiary/aromatic N) is 1. The number of hydrogen-bond donors (Lipinski definition) is 1. The van der Waals surface area contributed by atoms with Gasteiger partial charge in [-0.1, -0.05) is 30.3 Å². The van der Waals surface area contributed by atoms with Crippen LogP contribution in [0.4, 0.5) is 18.9 Å². The van der Waals surface area contributed by atoms with Crippen LogP contribution in [0.3, 0.4) is 0 Å². The molecule has 2 aromatic rings. The number of benzene rings is 2. The molecule has 0 bridgehead atoms. The minimum atomic E-state index is -4.36. The highest BCUT2D eigenvalue weighted by Crippen LogP contribution is 2.35. The topological polar surface area (TPSA) is 15.3 Å². The first-order chi connectivity index (χ1) is 11.9. The normalized spacial score (nSPS) is 13.0. The van der Waals surface area contributed by atoms with E-state index in [2.05, 4.69) is 5.32 Å². The smallest absolute Gasteiger partial charge is 0.381 e. The van der Waals surface area contributed by atoms with Gasteiger partial charge >= 0.3 is 6.18 Å². The van der Waals surface area contributed by atoms with Gasteiger partial charge in [0.05, 0.1) is 5.56 Å². The summed E-state index contributed by atoms with van der Waals surface area (Å²) in [7, 11) is 3.93. The van der Waals surface area contributed by atoms with E-state index in [1.807, 2.05) is 49.3 Å². The molecule has 0 spiro atoms. The minimum Gasteiger partial charge on any atom is -0.381 e. The first-order valence-corrected chi connectivity index (χ1v) is 9.10. The zero-order valence-corrected chi connectivity index (χ0v) is 15.2. The molecule has 136 valence electrons. The Morgan fingerprint density at radius 2 is 1.64 bits per heavy atom. The second kappa shape index (κ2) is 9.15. The number of alkyl halides is 3. The number of anilines is 1. The van der Waals surface area contributed by atoms with E-state index in [1.165, 1.54) is 12.1 Å². The molecule has 1 atom stereocenters. The van der Waals surface area contributed by atoms with Crippen LogP contribution in [-0.2, 0) is 6.18 Å². The monoisotopic (exact) mass is 368 g/mol. The lowest BCUT2D eigenvalue weighted by molar-refractivity contribution is -0.137. The Bertz CT molecular complexity index is 645. The van der Waals surface area contributed by atoms with Crippen LogP contribution in [-0.4, -0.2) is 37.3 Å².